The quantitative estimate of drug-likeness (QED) is 0.624. The van der Waals surface area contributed by atoms with Crippen molar-refractivity contribution in [1.82, 2.24) is 4.90 Å². The molecule has 1 N–H and O–H groups in total. The third kappa shape index (κ3) is 5.29. The number of nitrogens with zero attached hydrogens (tertiary/aromatic N) is 1. The van der Waals surface area contributed by atoms with Crippen molar-refractivity contribution in [1.29, 1.82) is 0 Å². The van der Waals surface area contributed by atoms with Crippen molar-refractivity contribution in [3.05, 3.63) is 96.1 Å². The van der Waals surface area contributed by atoms with Crippen LogP contribution in [0.15, 0.2) is 84.9 Å². The van der Waals surface area contributed by atoms with Crippen molar-refractivity contribution in [3.8, 4) is 11.1 Å². The van der Waals surface area contributed by atoms with Crippen LogP contribution in [0.2, 0.25) is 0 Å². The van der Waals surface area contributed by atoms with Crippen LogP contribution in [0.5, 0.6) is 0 Å². The first-order valence-corrected chi connectivity index (χ1v) is 9.28. The molecule has 0 radical (unpaired) electrons. The van der Waals surface area contributed by atoms with Crippen LogP contribution in [-0.2, 0) is 6.42 Å². The van der Waals surface area contributed by atoms with Crippen LogP contribution in [0.1, 0.15) is 23.7 Å². The largest absolute Gasteiger partial charge is 0.388 e. The van der Waals surface area contributed by atoms with Gasteiger partial charge in [-0.15, -0.1) is 0 Å². The first kappa shape index (κ1) is 18.4. The molecule has 0 spiro atoms. The third-order valence-corrected chi connectivity index (χ3v) is 4.81. The Morgan fingerprint density at radius 2 is 1.31 bits per heavy atom. The van der Waals surface area contributed by atoms with Crippen LogP contribution in [0.3, 0.4) is 0 Å². The van der Waals surface area contributed by atoms with E-state index in [1.807, 2.05) is 36.4 Å². The van der Waals surface area contributed by atoms with Gasteiger partial charge in [0.25, 0.3) is 0 Å². The van der Waals surface area contributed by atoms with E-state index >= 15 is 0 Å². The second kappa shape index (κ2) is 9.33. The number of aliphatic hydroxyl groups is 1. The van der Waals surface area contributed by atoms with E-state index in [9.17, 15) is 5.11 Å². The average Bonchev–Trinajstić information content (AvgIpc) is 2.72. The number of rotatable bonds is 8. The van der Waals surface area contributed by atoms with Gasteiger partial charge in [-0.05, 0) is 42.1 Å². The Balaban J connectivity index is 1.47. The maximum Gasteiger partial charge on any atom is 0.0802 e. The van der Waals surface area contributed by atoms with Gasteiger partial charge in [0.05, 0.1) is 6.10 Å². The van der Waals surface area contributed by atoms with Crippen molar-refractivity contribution in [3.63, 3.8) is 0 Å². The standard InChI is InChI=1S/C24H27NO/c1-25(18-16-20-8-4-2-5-9-20)19-17-24(26)23-14-12-22(13-15-23)21-10-6-3-7-11-21/h2-15,24,26H,16-19H2,1H3. The topological polar surface area (TPSA) is 23.5 Å². The van der Waals surface area contributed by atoms with Crippen molar-refractivity contribution < 1.29 is 5.11 Å². The molecule has 26 heavy (non-hydrogen) atoms. The van der Waals surface area contributed by atoms with Gasteiger partial charge >= 0.3 is 0 Å². The van der Waals surface area contributed by atoms with Crippen molar-refractivity contribution in [2.75, 3.05) is 20.1 Å². The molecule has 2 heteroatoms. The van der Waals surface area contributed by atoms with E-state index in [0.29, 0.717) is 0 Å². The highest BCUT2D eigenvalue weighted by atomic mass is 16.3. The molecule has 0 aliphatic carbocycles. The van der Waals surface area contributed by atoms with Gasteiger partial charge in [0.2, 0.25) is 0 Å². The summed E-state index contributed by atoms with van der Waals surface area (Å²) in [5.41, 5.74) is 4.73. The molecule has 0 aliphatic heterocycles. The average molecular weight is 345 g/mol. The summed E-state index contributed by atoms with van der Waals surface area (Å²) < 4.78 is 0. The van der Waals surface area contributed by atoms with Gasteiger partial charge < -0.3 is 10.0 Å². The lowest BCUT2D eigenvalue weighted by Gasteiger charge is -2.19. The number of likely N-dealkylation sites (N-methyl/N-ethyl adjacent to an activating group) is 1. The summed E-state index contributed by atoms with van der Waals surface area (Å²) in [5, 5.41) is 10.5. The lowest BCUT2D eigenvalue weighted by Crippen LogP contribution is -2.23. The minimum absolute atomic E-state index is 0.418. The summed E-state index contributed by atoms with van der Waals surface area (Å²) >= 11 is 0. The predicted octanol–water partition coefficient (Wildman–Crippen LogP) is 4.95. The fourth-order valence-corrected chi connectivity index (χ4v) is 3.11. The molecule has 0 aliphatic rings. The zero-order chi connectivity index (χ0) is 18.2. The lowest BCUT2D eigenvalue weighted by atomic mass is 10.0. The van der Waals surface area contributed by atoms with Crippen LogP contribution in [-0.4, -0.2) is 30.1 Å². The monoisotopic (exact) mass is 345 g/mol. The Labute approximate surface area is 156 Å². The van der Waals surface area contributed by atoms with Crippen LogP contribution in [0.25, 0.3) is 11.1 Å². The van der Waals surface area contributed by atoms with Crippen LogP contribution in [0.4, 0.5) is 0 Å². The smallest absolute Gasteiger partial charge is 0.0802 e. The van der Waals surface area contributed by atoms with Gasteiger partial charge in [0.1, 0.15) is 0 Å². The van der Waals surface area contributed by atoms with Gasteiger partial charge in [-0.25, -0.2) is 0 Å². The molecule has 0 saturated carbocycles. The highest BCUT2D eigenvalue weighted by molar-refractivity contribution is 5.63. The Morgan fingerprint density at radius 3 is 1.96 bits per heavy atom. The van der Waals surface area contributed by atoms with Gasteiger partial charge in [-0.1, -0.05) is 84.9 Å². The third-order valence-electron chi connectivity index (χ3n) is 4.81. The minimum Gasteiger partial charge on any atom is -0.388 e. The molecule has 0 heterocycles. The van der Waals surface area contributed by atoms with Gasteiger partial charge in [-0.3, -0.25) is 0 Å². The first-order chi connectivity index (χ1) is 12.7. The van der Waals surface area contributed by atoms with E-state index in [1.54, 1.807) is 0 Å². The summed E-state index contributed by atoms with van der Waals surface area (Å²) in [7, 11) is 2.12. The zero-order valence-corrected chi connectivity index (χ0v) is 15.4. The number of aliphatic hydroxyl groups excluding tert-OH is 1. The Hall–Kier alpha value is -2.42. The van der Waals surface area contributed by atoms with Crippen LogP contribution in [0, 0.1) is 0 Å². The molecular formula is C24H27NO. The van der Waals surface area contributed by atoms with Crippen LogP contribution >= 0.6 is 0 Å². The summed E-state index contributed by atoms with van der Waals surface area (Å²) in [4.78, 5) is 2.29. The summed E-state index contributed by atoms with van der Waals surface area (Å²) in [6, 6.07) is 29.1. The molecule has 0 fully saturated rings. The molecular weight excluding hydrogens is 318 g/mol. The zero-order valence-electron chi connectivity index (χ0n) is 15.4. The molecule has 1 unspecified atom stereocenters. The highest BCUT2D eigenvalue weighted by Crippen LogP contribution is 2.23. The fraction of sp³-hybridized carbons (Fsp3) is 0.250. The first-order valence-electron chi connectivity index (χ1n) is 9.28. The number of hydrogen-bond donors (Lipinski definition) is 1. The predicted molar refractivity (Wildman–Crippen MR) is 109 cm³/mol. The van der Waals surface area contributed by atoms with Crippen molar-refractivity contribution in [2.45, 2.75) is 18.9 Å². The van der Waals surface area contributed by atoms with E-state index < -0.39 is 6.10 Å². The van der Waals surface area contributed by atoms with Crippen molar-refractivity contribution in [2.24, 2.45) is 0 Å². The summed E-state index contributed by atoms with van der Waals surface area (Å²) in [5.74, 6) is 0. The molecule has 3 aromatic rings. The number of benzene rings is 3. The fourth-order valence-electron chi connectivity index (χ4n) is 3.11. The lowest BCUT2D eigenvalue weighted by molar-refractivity contribution is 0.149. The van der Waals surface area contributed by atoms with Gasteiger partial charge in [0, 0.05) is 13.1 Å². The minimum atomic E-state index is -0.418. The molecule has 2 nitrogen and oxygen atoms in total. The van der Waals surface area contributed by atoms with E-state index in [1.165, 1.54) is 16.7 Å². The molecule has 0 amide bonds. The Morgan fingerprint density at radius 1 is 0.731 bits per heavy atom. The maximum atomic E-state index is 10.5. The molecule has 134 valence electrons. The molecule has 1 atom stereocenters. The number of hydrogen-bond acceptors (Lipinski definition) is 2. The van der Waals surface area contributed by atoms with Crippen molar-refractivity contribution >= 4 is 0 Å². The van der Waals surface area contributed by atoms with Gasteiger partial charge in [0.15, 0.2) is 0 Å². The Kier molecular flexibility index (Phi) is 6.59. The molecule has 0 saturated heterocycles. The summed E-state index contributed by atoms with van der Waals surface area (Å²) in [6.07, 6.45) is 1.37. The van der Waals surface area contributed by atoms with E-state index in [0.717, 1.165) is 31.5 Å². The SMILES string of the molecule is CN(CCc1ccccc1)CCC(O)c1ccc(-c2ccccc2)cc1. The Bertz CT molecular complexity index is 768. The maximum absolute atomic E-state index is 10.5. The molecule has 0 bridgehead atoms. The van der Waals surface area contributed by atoms with E-state index in [2.05, 4.69) is 60.5 Å². The molecule has 0 aromatic heterocycles. The summed E-state index contributed by atoms with van der Waals surface area (Å²) in [6.45, 7) is 1.89. The normalized spacial score (nSPS) is 12.3. The van der Waals surface area contributed by atoms with Crippen LogP contribution < -0.4 is 0 Å². The van der Waals surface area contributed by atoms with E-state index in [-0.39, 0.29) is 0 Å². The second-order valence-corrected chi connectivity index (χ2v) is 6.83. The second-order valence-electron chi connectivity index (χ2n) is 6.83. The molecule has 3 aromatic carbocycles. The molecule has 3 rings (SSSR count). The van der Waals surface area contributed by atoms with E-state index in [4.69, 9.17) is 0 Å². The van der Waals surface area contributed by atoms with Gasteiger partial charge in [-0.2, -0.15) is 0 Å². The highest BCUT2D eigenvalue weighted by Gasteiger charge is 2.09.